The summed E-state index contributed by atoms with van der Waals surface area (Å²) in [6, 6.07) is 6.92. The van der Waals surface area contributed by atoms with Gasteiger partial charge in [0.25, 0.3) is 11.8 Å². The average molecular weight is 1200 g/mol. The summed E-state index contributed by atoms with van der Waals surface area (Å²) in [7, 11) is -0.820. The van der Waals surface area contributed by atoms with E-state index in [4.69, 9.17) is 14.5 Å². The number of amides is 5. The van der Waals surface area contributed by atoms with E-state index in [1.807, 2.05) is 45.2 Å². The number of hydrogen-bond acceptors (Lipinski definition) is 16. The summed E-state index contributed by atoms with van der Waals surface area (Å²) in [5.41, 5.74) is 10.7. The SMILES string of the molecule is CCn1c(-c2cc(N3CCN(C)CC3)cnc2[C@H](C)OC)c2c3cc(ccc31)-c1cc(O)cc(c1)C[C@H](NC(=O)[C@H](C1CCCC1)N(C(=O)C1(F)CCCS(=O)(=O)N(C(=O)N3C=CNN3)C1)C(F)F)C(=O)N1CCC[C@H](N1)C(=O)OCC(C)(C)C2. The maximum atomic E-state index is 17.6. The molecule has 10 rings (SSSR count). The number of rotatable bonds is 11. The number of aromatic hydroxyl groups is 1. The molecule has 1 aliphatic carbocycles. The lowest BCUT2D eigenvalue weighted by molar-refractivity contribution is -0.171. The van der Waals surface area contributed by atoms with E-state index in [1.54, 1.807) is 19.2 Å². The summed E-state index contributed by atoms with van der Waals surface area (Å²) in [6.45, 7) is 6.82. The molecule has 6 bridgehead atoms. The number of esters is 1. The highest BCUT2D eigenvalue weighted by atomic mass is 32.2. The number of phenolic OH excluding ortho intramolecular Hbond substituents is 1. The standard InChI is InChI=1S/C59H77F3N12O10S/c1-7-70-48-16-15-39-30-43(48)45(51(70)44-31-41(33-63-49(44)36(2)83-6)69-23-21-68(5)22-24-69)32-58(3,4)35-84-54(78)46-14-10-19-71(66-46)53(77)47(28-37-26-40(39)29-42(75)27-37)65-52(76)50(38-12-8-9-13-38)74(56(60)61)55(79)59(62)17-11-25-85(81,82)73(34-59)57(80)72-20-18-64-67-72/h15-16,18,20,26-27,29-31,33,36,38,46-47,50,56,64,66-67,75H,7-14,17,19,21-25,28,32,34-35H2,1-6H3,(H,65,76)/t36-,46-,47-,50-,59?/m0/s1. The number of sulfonamides is 1. The second-order valence-electron chi connectivity index (χ2n) is 24.1. The van der Waals surface area contributed by atoms with Crippen molar-refractivity contribution < 1.29 is 60.1 Å². The van der Waals surface area contributed by atoms with Gasteiger partial charge in [-0.15, -0.1) is 5.53 Å². The number of ether oxygens (including phenoxy) is 2. The van der Waals surface area contributed by atoms with Gasteiger partial charge < -0.3 is 39.7 Å². The fourth-order valence-electron chi connectivity index (χ4n) is 12.9. The fourth-order valence-corrected chi connectivity index (χ4v) is 14.4. The molecule has 460 valence electrons. The summed E-state index contributed by atoms with van der Waals surface area (Å²) in [4.78, 5) is 82.3. The molecule has 3 saturated heterocycles. The van der Waals surface area contributed by atoms with Crippen molar-refractivity contribution in [3.8, 4) is 28.1 Å². The molecule has 26 heteroatoms. The van der Waals surface area contributed by atoms with Crippen molar-refractivity contribution in [3.05, 3.63) is 77.9 Å². The minimum atomic E-state index is -4.58. The molecule has 5 atom stereocenters. The highest BCUT2D eigenvalue weighted by Crippen LogP contribution is 2.44. The van der Waals surface area contributed by atoms with E-state index >= 15 is 22.8 Å². The number of fused-ring (bicyclic) bond motifs is 6. The first-order valence-electron chi connectivity index (χ1n) is 29.3. The first kappa shape index (κ1) is 61.1. The number of hydrogen-bond donors (Lipinski definition) is 5. The zero-order valence-corrected chi connectivity index (χ0v) is 49.7. The number of alkyl halides is 3. The van der Waals surface area contributed by atoms with Crippen LogP contribution in [0.5, 0.6) is 5.75 Å². The number of nitrogens with zero attached hydrogens (tertiary/aromatic N) is 8. The molecule has 5 amide bonds. The summed E-state index contributed by atoms with van der Waals surface area (Å²) in [6.07, 6.45) is 4.43. The molecule has 6 aliphatic rings. The number of methoxy groups -OCH3 is 1. The third kappa shape index (κ3) is 12.7. The maximum Gasteiger partial charge on any atom is 0.353 e. The van der Waals surface area contributed by atoms with E-state index in [-0.39, 0.29) is 59.9 Å². The number of piperazine rings is 1. The van der Waals surface area contributed by atoms with Crippen LogP contribution in [0.1, 0.15) is 102 Å². The number of urea groups is 1. The number of benzene rings is 2. The first-order valence-corrected chi connectivity index (χ1v) is 30.9. The van der Waals surface area contributed by atoms with Gasteiger partial charge in [0.05, 0.1) is 48.3 Å². The largest absolute Gasteiger partial charge is 0.508 e. The first-order chi connectivity index (χ1) is 40.5. The lowest BCUT2D eigenvalue weighted by atomic mass is 9.84. The summed E-state index contributed by atoms with van der Waals surface area (Å²) in [5, 5.41) is 17.0. The molecule has 4 aromatic rings. The van der Waals surface area contributed by atoms with E-state index < -0.39 is 107 Å². The number of anilines is 1. The van der Waals surface area contributed by atoms with Gasteiger partial charge in [-0.3, -0.25) is 34.1 Å². The molecule has 0 radical (unpaired) electrons. The maximum absolute atomic E-state index is 17.6. The zero-order chi connectivity index (χ0) is 60.7. The lowest BCUT2D eigenvalue weighted by Gasteiger charge is -2.39. The van der Waals surface area contributed by atoms with Gasteiger partial charge in [-0.1, -0.05) is 38.8 Å². The third-order valence-electron chi connectivity index (χ3n) is 17.5. The van der Waals surface area contributed by atoms with Crippen molar-refractivity contribution >= 4 is 56.3 Å². The Morgan fingerprint density at radius 3 is 2.44 bits per heavy atom. The number of halogens is 3. The number of likely N-dealkylation sites (N-methyl/N-ethyl adjacent to an activating group) is 1. The molecular weight excluding hydrogens is 1130 g/mol. The number of nitrogens with one attached hydrogen (secondary N) is 4. The van der Waals surface area contributed by atoms with Gasteiger partial charge in [0.2, 0.25) is 21.6 Å². The van der Waals surface area contributed by atoms with E-state index in [0.717, 1.165) is 71.5 Å². The van der Waals surface area contributed by atoms with Gasteiger partial charge >= 0.3 is 18.5 Å². The van der Waals surface area contributed by atoms with Crippen molar-refractivity contribution in [2.75, 3.05) is 70.7 Å². The minimum absolute atomic E-state index is 0.0257. The fraction of sp³-hybridized carbons (Fsp3) is 0.559. The number of carbonyl (C=O) groups is 5. The molecule has 1 unspecified atom stereocenters. The Morgan fingerprint density at radius 2 is 1.74 bits per heavy atom. The molecule has 5 aliphatic heterocycles. The molecule has 85 heavy (non-hydrogen) atoms. The van der Waals surface area contributed by atoms with Crippen molar-refractivity contribution in [2.24, 2.45) is 11.3 Å². The molecule has 22 nitrogen and oxygen atoms in total. The van der Waals surface area contributed by atoms with Gasteiger partial charge in [-0.2, -0.15) is 8.78 Å². The normalized spacial score (nSPS) is 24.0. The molecule has 2 aromatic carbocycles. The third-order valence-corrected chi connectivity index (χ3v) is 19.2. The van der Waals surface area contributed by atoms with Gasteiger partial charge in [-0.25, -0.2) is 32.3 Å². The lowest BCUT2D eigenvalue weighted by Crippen LogP contribution is -2.65. The molecule has 5 N–H and O–H groups in total. The highest BCUT2D eigenvalue weighted by molar-refractivity contribution is 7.89. The Hall–Kier alpha value is -7.00. The van der Waals surface area contributed by atoms with Gasteiger partial charge in [0, 0.05) is 87.1 Å². The van der Waals surface area contributed by atoms with Crippen LogP contribution < -0.4 is 26.6 Å². The molecular formula is C59H77F3N12O10S. The van der Waals surface area contributed by atoms with Crippen LogP contribution in [-0.2, 0) is 58.1 Å². The van der Waals surface area contributed by atoms with Crippen LogP contribution in [0.2, 0.25) is 0 Å². The average Bonchev–Trinajstić information content (AvgIpc) is 1.74. The highest BCUT2D eigenvalue weighted by Gasteiger charge is 2.55. The molecule has 7 heterocycles. The van der Waals surface area contributed by atoms with Crippen molar-refractivity contribution in [3.63, 3.8) is 0 Å². The summed E-state index contributed by atoms with van der Waals surface area (Å²) in [5.74, 6) is -6.46. The predicted molar refractivity (Wildman–Crippen MR) is 310 cm³/mol. The van der Waals surface area contributed by atoms with Crippen LogP contribution in [0.4, 0.5) is 23.7 Å². The Morgan fingerprint density at radius 1 is 0.988 bits per heavy atom. The Labute approximate surface area is 492 Å². The number of carbonyl (C=O) groups excluding carboxylic acids is 5. The summed E-state index contributed by atoms with van der Waals surface area (Å²) < 4.78 is 90.7. The van der Waals surface area contributed by atoms with E-state index in [0.29, 0.717) is 53.9 Å². The summed E-state index contributed by atoms with van der Waals surface area (Å²) >= 11 is 0. The van der Waals surface area contributed by atoms with Crippen LogP contribution in [-0.4, -0.2) is 173 Å². The van der Waals surface area contributed by atoms with Gasteiger partial charge in [-0.05, 0) is 124 Å². The quantitative estimate of drug-likeness (QED) is 0.0872. The van der Waals surface area contributed by atoms with Crippen LogP contribution in [0.25, 0.3) is 33.3 Å². The second kappa shape index (κ2) is 24.8. The van der Waals surface area contributed by atoms with Crippen molar-refractivity contribution in [1.82, 2.24) is 55.4 Å². The van der Waals surface area contributed by atoms with Gasteiger partial charge in [0.15, 0.2) is 0 Å². The number of aryl methyl sites for hydroxylation is 1. The van der Waals surface area contributed by atoms with Crippen molar-refractivity contribution in [2.45, 2.75) is 135 Å². The molecule has 2 aromatic heterocycles. The molecule has 0 spiro atoms. The zero-order valence-electron chi connectivity index (χ0n) is 48.9. The Balaban J connectivity index is 1.05. The van der Waals surface area contributed by atoms with E-state index in [2.05, 4.69) is 56.1 Å². The topological polar surface area (TPSA) is 244 Å². The Kier molecular flexibility index (Phi) is 17.8. The number of cyclic esters (lactones) is 1. The predicted octanol–water partition coefficient (Wildman–Crippen LogP) is 5.86. The van der Waals surface area contributed by atoms with Crippen molar-refractivity contribution in [1.29, 1.82) is 0 Å². The molecule has 4 fully saturated rings. The Bertz CT molecular complexity index is 3350. The number of pyridine rings is 1. The van der Waals surface area contributed by atoms with Crippen LogP contribution in [0, 0.1) is 11.3 Å². The van der Waals surface area contributed by atoms with Gasteiger partial charge in [0.1, 0.15) is 23.9 Å². The number of phenols is 1. The second-order valence-corrected chi connectivity index (χ2v) is 26.1. The van der Waals surface area contributed by atoms with Crippen LogP contribution >= 0.6 is 0 Å². The smallest absolute Gasteiger partial charge is 0.353 e. The van der Waals surface area contributed by atoms with E-state index in [9.17, 15) is 27.9 Å². The molecule has 1 saturated carbocycles. The van der Waals surface area contributed by atoms with E-state index in [1.165, 1.54) is 17.3 Å². The van der Waals surface area contributed by atoms with Crippen LogP contribution in [0.15, 0.2) is 61.1 Å². The monoisotopic (exact) mass is 1200 g/mol. The number of aromatic nitrogens is 2. The van der Waals surface area contributed by atoms with Crippen LogP contribution in [0.3, 0.4) is 0 Å². The minimum Gasteiger partial charge on any atom is -0.508 e. The number of hydrazine groups is 3.